The van der Waals surface area contributed by atoms with Gasteiger partial charge in [-0.25, -0.2) is 0 Å². The van der Waals surface area contributed by atoms with E-state index in [0.29, 0.717) is 13.0 Å². The maximum atomic E-state index is 11.9. The van der Waals surface area contributed by atoms with Crippen molar-refractivity contribution in [3.63, 3.8) is 0 Å². The zero-order chi connectivity index (χ0) is 18.4. The van der Waals surface area contributed by atoms with Crippen LogP contribution in [0.1, 0.15) is 32.3 Å². The number of hydrogen-bond donors (Lipinski definition) is 2. The van der Waals surface area contributed by atoms with Crippen molar-refractivity contribution < 1.29 is 19.4 Å². The number of nitrogens with one attached hydrogen (secondary N) is 1. The Hall–Kier alpha value is -1.79. The number of likely N-dealkylation sites (tertiary alicyclic amines) is 1. The smallest absolute Gasteiger partial charge is 0.222 e. The molecular formula is C19H30N2O4. The third-order valence-corrected chi connectivity index (χ3v) is 4.73. The second-order valence-electron chi connectivity index (χ2n) is 6.83. The van der Waals surface area contributed by atoms with Crippen LogP contribution in [0.25, 0.3) is 0 Å². The number of benzene rings is 1. The number of amides is 1. The number of aliphatic hydroxyl groups is 1. The largest absolute Gasteiger partial charge is 0.496 e. The molecule has 1 aliphatic heterocycles. The molecule has 0 radical (unpaired) electrons. The summed E-state index contributed by atoms with van der Waals surface area (Å²) < 4.78 is 10.9. The van der Waals surface area contributed by atoms with E-state index in [2.05, 4.69) is 10.2 Å². The summed E-state index contributed by atoms with van der Waals surface area (Å²) in [5.74, 6) is 1.51. The molecule has 0 bridgehead atoms. The molecule has 1 aromatic rings. The molecule has 1 aromatic carbocycles. The van der Waals surface area contributed by atoms with E-state index in [1.165, 1.54) is 0 Å². The highest BCUT2D eigenvalue weighted by Gasteiger charge is 2.27. The van der Waals surface area contributed by atoms with Crippen molar-refractivity contribution in [2.75, 3.05) is 27.3 Å². The van der Waals surface area contributed by atoms with E-state index >= 15 is 0 Å². The van der Waals surface area contributed by atoms with Crippen molar-refractivity contribution in [2.45, 2.75) is 45.4 Å². The average molecular weight is 350 g/mol. The molecule has 140 valence electrons. The van der Waals surface area contributed by atoms with Crippen LogP contribution in [0.3, 0.4) is 0 Å². The van der Waals surface area contributed by atoms with Gasteiger partial charge in [0.05, 0.1) is 31.9 Å². The fraction of sp³-hybridized carbons (Fsp3) is 0.632. The highest BCUT2D eigenvalue weighted by Crippen LogP contribution is 2.30. The summed E-state index contributed by atoms with van der Waals surface area (Å²) in [5.41, 5.74) is 1.01. The lowest BCUT2D eigenvalue weighted by Crippen LogP contribution is -2.44. The fourth-order valence-corrected chi connectivity index (χ4v) is 3.13. The van der Waals surface area contributed by atoms with E-state index in [4.69, 9.17) is 9.47 Å². The van der Waals surface area contributed by atoms with Gasteiger partial charge in [0.25, 0.3) is 0 Å². The molecule has 2 rings (SSSR count). The maximum Gasteiger partial charge on any atom is 0.222 e. The second-order valence-corrected chi connectivity index (χ2v) is 6.83. The molecule has 1 fully saturated rings. The minimum absolute atomic E-state index is 0.0103. The minimum Gasteiger partial charge on any atom is -0.496 e. The van der Waals surface area contributed by atoms with Gasteiger partial charge in [0.15, 0.2) is 0 Å². The molecule has 6 heteroatoms. The molecular weight excluding hydrogens is 320 g/mol. The molecule has 0 spiro atoms. The number of hydrogen-bond acceptors (Lipinski definition) is 5. The zero-order valence-electron chi connectivity index (χ0n) is 15.6. The summed E-state index contributed by atoms with van der Waals surface area (Å²) in [6, 6.07) is 5.57. The van der Waals surface area contributed by atoms with E-state index in [9.17, 15) is 9.90 Å². The first-order chi connectivity index (χ1) is 12.0. The Balaban J connectivity index is 2.05. The molecule has 2 N–H and O–H groups in total. The number of nitrogens with zero attached hydrogens (tertiary/aromatic N) is 1. The third kappa shape index (κ3) is 5.09. The predicted molar refractivity (Wildman–Crippen MR) is 96.8 cm³/mol. The van der Waals surface area contributed by atoms with E-state index in [1.54, 1.807) is 14.2 Å². The van der Waals surface area contributed by atoms with E-state index < -0.39 is 6.10 Å². The van der Waals surface area contributed by atoms with Crippen molar-refractivity contribution in [1.29, 1.82) is 0 Å². The van der Waals surface area contributed by atoms with Crippen LogP contribution in [0.5, 0.6) is 11.5 Å². The van der Waals surface area contributed by atoms with Crippen LogP contribution in [-0.4, -0.2) is 55.4 Å². The number of ether oxygens (including phenoxy) is 2. The topological polar surface area (TPSA) is 71.0 Å². The van der Waals surface area contributed by atoms with Gasteiger partial charge in [-0.05, 0) is 25.0 Å². The first kappa shape index (κ1) is 19.5. The monoisotopic (exact) mass is 350 g/mol. The molecule has 25 heavy (non-hydrogen) atoms. The molecule has 2 atom stereocenters. The van der Waals surface area contributed by atoms with Gasteiger partial charge in [0.2, 0.25) is 5.91 Å². The van der Waals surface area contributed by atoms with Crippen LogP contribution in [0, 0.1) is 5.92 Å². The molecule has 0 aromatic heterocycles. The highest BCUT2D eigenvalue weighted by molar-refractivity contribution is 5.78. The van der Waals surface area contributed by atoms with Gasteiger partial charge >= 0.3 is 0 Å². The Labute approximate surface area is 150 Å². The van der Waals surface area contributed by atoms with Crippen LogP contribution in [0.2, 0.25) is 0 Å². The first-order valence-corrected chi connectivity index (χ1v) is 8.87. The summed E-state index contributed by atoms with van der Waals surface area (Å²) in [6.45, 7) is 5.96. The summed E-state index contributed by atoms with van der Waals surface area (Å²) in [4.78, 5) is 14.2. The molecule has 1 amide bonds. The van der Waals surface area contributed by atoms with Gasteiger partial charge < -0.3 is 19.9 Å². The molecule has 6 nitrogen and oxygen atoms in total. The number of aliphatic hydroxyl groups excluding tert-OH is 1. The van der Waals surface area contributed by atoms with Gasteiger partial charge in [-0.1, -0.05) is 19.9 Å². The number of rotatable bonds is 6. The first-order valence-electron chi connectivity index (χ1n) is 8.87. The highest BCUT2D eigenvalue weighted by atomic mass is 16.5. The molecule has 0 aliphatic carbocycles. The van der Waals surface area contributed by atoms with E-state index in [-0.39, 0.29) is 17.9 Å². The molecule has 0 saturated carbocycles. The van der Waals surface area contributed by atoms with Gasteiger partial charge in [0, 0.05) is 25.6 Å². The van der Waals surface area contributed by atoms with Crippen LogP contribution in [-0.2, 0) is 11.3 Å². The van der Waals surface area contributed by atoms with Crippen LogP contribution < -0.4 is 14.8 Å². The number of carbonyl (C=O) groups is 1. The van der Waals surface area contributed by atoms with Crippen LogP contribution >= 0.6 is 0 Å². The van der Waals surface area contributed by atoms with Crippen molar-refractivity contribution in [2.24, 2.45) is 5.92 Å². The van der Waals surface area contributed by atoms with Gasteiger partial charge in [-0.3, -0.25) is 9.69 Å². The lowest BCUT2D eigenvalue weighted by Gasteiger charge is -2.23. The van der Waals surface area contributed by atoms with Gasteiger partial charge in [-0.15, -0.1) is 0 Å². The number of carbonyl (C=O) groups excluding carboxylic acids is 1. The molecule has 1 heterocycles. The SMILES string of the molecule is COc1cccc(OC)c1CN1CC[C@H](NC(=O)C(C)C)[C@@H](O)CC1. The molecule has 1 saturated heterocycles. The molecule has 1 aliphatic rings. The zero-order valence-corrected chi connectivity index (χ0v) is 15.6. The Kier molecular flexibility index (Phi) is 7.08. The Morgan fingerprint density at radius 2 is 1.84 bits per heavy atom. The van der Waals surface area contributed by atoms with Gasteiger partial charge in [-0.2, -0.15) is 0 Å². The Morgan fingerprint density at radius 1 is 1.24 bits per heavy atom. The van der Waals surface area contributed by atoms with Crippen molar-refractivity contribution in [3.05, 3.63) is 23.8 Å². The second kappa shape index (κ2) is 9.06. The van der Waals surface area contributed by atoms with Crippen molar-refractivity contribution >= 4 is 5.91 Å². The Morgan fingerprint density at radius 3 is 2.40 bits per heavy atom. The summed E-state index contributed by atoms with van der Waals surface area (Å²) in [7, 11) is 3.31. The van der Waals surface area contributed by atoms with Crippen LogP contribution in [0.15, 0.2) is 18.2 Å². The van der Waals surface area contributed by atoms with Crippen LogP contribution in [0.4, 0.5) is 0 Å². The lowest BCUT2D eigenvalue weighted by atomic mass is 10.1. The Bertz CT molecular complexity index is 554. The summed E-state index contributed by atoms with van der Waals surface area (Å²) in [5, 5.41) is 13.3. The quantitative estimate of drug-likeness (QED) is 0.819. The standard InChI is InChI=1S/C19H30N2O4/c1-13(2)19(23)20-15-8-10-21(11-9-16(15)22)12-14-17(24-3)6-5-7-18(14)25-4/h5-7,13,15-16,22H,8-12H2,1-4H3,(H,20,23)/t15-,16-/m0/s1. The molecule has 0 unspecified atom stereocenters. The van der Waals surface area contributed by atoms with E-state index in [1.807, 2.05) is 32.0 Å². The van der Waals surface area contributed by atoms with Gasteiger partial charge in [0.1, 0.15) is 11.5 Å². The average Bonchev–Trinajstić information content (AvgIpc) is 2.77. The lowest BCUT2D eigenvalue weighted by molar-refractivity contribution is -0.125. The number of methoxy groups -OCH3 is 2. The minimum atomic E-state index is -0.521. The van der Waals surface area contributed by atoms with Crippen molar-refractivity contribution in [3.8, 4) is 11.5 Å². The predicted octanol–water partition coefficient (Wildman–Crippen LogP) is 1.80. The van der Waals surface area contributed by atoms with Crippen molar-refractivity contribution in [1.82, 2.24) is 10.2 Å². The third-order valence-electron chi connectivity index (χ3n) is 4.73. The maximum absolute atomic E-state index is 11.9. The summed E-state index contributed by atoms with van der Waals surface area (Å²) in [6.07, 6.45) is 0.824. The fourth-order valence-electron chi connectivity index (χ4n) is 3.13. The summed E-state index contributed by atoms with van der Waals surface area (Å²) >= 11 is 0. The normalized spacial score (nSPS) is 21.7. The van der Waals surface area contributed by atoms with E-state index in [0.717, 1.165) is 36.6 Å².